The third kappa shape index (κ3) is 2.42. The third-order valence-corrected chi connectivity index (χ3v) is 2.13. The second-order valence-corrected chi connectivity index (χ2v) is 3.68. The molecule has 1 heterocycles. The lowest BCUT2D eigenvalue weighted by molar-refractivity contribution is -0.139. The molecule has 0 amide bonds. The van der Waals surface area contributed by atoms with Crippen LogP contribution in [-0.4, -0.2) is 21.0 Å². The molecule has 0 aliphatic rings. The van der Waals surface area contributed by atoms with Crippen LogP contribution in [0.15, 0.2) is 12.4 Å². The number of hydrogen-bond acceptors (Lipinski definition) is 3. The summed E-state index contributed by atoms with van der Waals surface area (Å²) in [6.45, 7) is 3.68. The maximum atomic E-state index is 10.9. The van der Waals surface area contributed by atoms with Gasteiger partial charge in [-0.05, 0) is 17.5 Å². The topological polar surface area (TPSA) is 63.1 Å². The molecule has 1 aromatic rings. The fourth-order valence-corrected chi connectivity index (χ4v) is 1.39. The van der Waals surface area contributed by atoms with Gasteiger partial charge in [0.05, 0.1) is 5.92 Å². The van der Waals surface area contributed by atoms with Crippen LogP contribution in [0.3, 0.4) is 0 Å². The molecule has 4 nitrogen and oxygen atoms in total. The SMILES string of the molecule is CC(C)[C@H](C(=O)O)c1cnc(Cl)nc1. The molecule has 0 unspecified atom stereocenters. The second-order valence-electron chi connectivity index (χ2n) is 3.35. The molecule has 1 N–H and O–H groups in total. The Morgan fingerprint density at radius 2 is 1.93 bits per heavy atom. The van der Waals surface area contributed by atoms with Gasteiger partial charge in [-0.15, -0.1) is 0 Å². The summed E-state index contributed by atoms with van der Waals surface area (Å²) in [5.74, 6) is -1.45. The van der Waals surface area contributed by atoms with Crippen molar-refractivity contribution < 1.29 is 9.90 Å². The van der Waals surface area contributed by atoms with Crippen LogP contribution in [0, 0.1) is 5.92 Å². The molecule has 0 bridgehead atoms. The van der Waals surface area contributed by atoms with Crippen LogP contribution in [0.25, 0.3) is 0 Å². The molecule has 0 saturated carbocycles. The first-order valence-electron chi connectivity index (χ1n) is 4.22. The van der Waals surface area contributed by atoms with Crippen molar-refractivity contribution in [2.75, 3.05) is 0 Å². The molecule has 0 aliphatic heterocycles. The van der Waals surface area contributed by atoms with E-state index in [2.05, 4.69) is 9.97 Å². The van der Waals surface area contributed by atoms with Crippen LogP contribution in [0.2, 0.25) is 5.28 Å². The average molecular weight is 215 g/mol. The molecular formula is C9H11ClN2O2. The summed E-state index contributed by atoms with van der Waals surface area (Å²) < 4.78 is 0. The minimum Gasteiger partial charge on any atom is -0.481 e. The number of carboxylic acid groups (broad SMARTS) is 1. The van der Waals surface area contributed by atoms with Gasteiger partial charge in [-0.1, -0.05) is 13.8 Å². The minimum absolute atomic E-state index is 0.00252. The smallest absolute Gasteiger partial charge is 0.311 e. The van der Waals surface area contributed by atoms with Gasteiger partial charge in [0.25, 0.3) is 0 Å². The molecule has 76 valence electrons. The van der Waals surface area contributed by atoms with Crippen molar-refractivity contribution in [2.24, 2.45) is 5.92 Å². The number of carbonyl (C=O) groups is 1. The van der Waals surface area contributed by atoms with Crippen molar-refractivity contribution >= 4 is 17.6 Å². The van der Waals surface area contributed by atoms with E-state index in [0.717, 1.165) is 0 Å². The summed E-state index contributed by atoms with van der Waals surface area (Å²) in [5.41, 5.74) is 0.580. The first-order chi connectivity index (χ1) is 6.52. The molecule has 1 atom stereocenters. The zero-order chi connectivity index (χ0) is 10.7. The fourth-order valence-electron chi connectivity index (χ4n) is 1.30. The van der Waals surface area contributed by atoms with Gasteiger partial charge in [0.2, 0.25) is 5.28 Å². The minimum atomic E-state index is -0.870. The van der Waals surface area contributed by atoms with E-state index in [1.54, 1.807) is 0 Å². The Morgan fingerprint density at radius 3 is 2.29 bits per heavy atom. The molecule has 0 aromatic carbocycles. The molecule has 0 fully saturated rings. The molecule has 1 aromatic heterocycles. The highest BCUT2D eigenvalue weighted by Crippen LogP contribution is 2.23. The van der Waals surface area contributed by atoms with E-state index in [9.17, 15) is 4.79 Å². The van der Waals surface area contributed by atoms with Gasteiger partial charge in [-0.3, -0.25) is 4.79 Å². The Morgan fingerprint density at radius 1 is 1.43 bits per heavy atom. The summed E-state index contributed by atoms with van der Waals surface area (Å²) in [6.07, 6.45) is 2.90. The molecule has 0 saturated heterocycles. The summed E-state index contributed by atoms with van der Waals surface area (Å²) in [6, 6.07) is 0. The largest absolute Gasteiger partial charge is 0.481 e. The van der Waals surface area contributed by atoms with E-state index in [-0.39, 0.29) is 11.2 Å². The molecule has 0 aliphatic carbocycles. The van der Waals surface area contributed by atoms with Gasteiger partial charge >= 0.3 is 5.97 Å². The van der Waals surface area contributed by atoms with E-state index >= 15 is 0 Å². The second kappa shape index (κ2) is 4.37. The van der Waals surface area contributed by atoms with E-state index in [1.165, 1.54) is 12.4 Å². The van der Waals surface area contributed by atoms with Gasteiger partial charge in [-0.25, -0.2) is 9.97 Å². The van der Waals surface area contributed by atoms with Crippen LogP contribution in [0.5, 0.6) is 0 Å². The van der Waals surface area contributed by atoms with E-state index < -0.39 is 11.9 Å². The highest BCUT2D eigenvalue weighted by atomic mass is 35.5. The maximum absolute atomic E-state index is 10.9. The Kier molecular flexibility index (Phi) is 3.41. The molecule has 0 spiro atoms. The summed E-state index contributed by atoms with van der Waals surface area (Å²) >= 11 is 5.51. The first kappa shape index (κ1) is 10.9. The normalized spacial score (nSPS) is 12.9. The number of carboxylic acids is 1. The van der Waals surface area contributed by atoms with Crippen molar-refractivity contribution in [2.45, 2.75) is 19.8 Å². The van der Waals surface area contributed by atoms with E-state index in [0.29, 0.717) is 5.56 Å². The van der Waals surface area contributed by atoms with Crippen molar-refractivity contribution in [1.82, 2.24) is 9.97 Å². The van der Waals surface area contributed by atoms with Gasteiger partial charge in [0, 0.05) is 18.0 Å². The van der Waals surface area contributed by atoms with Crippen molar-refractivity contribution in [1.29, 1.82) is 0 Å². The first-order valence-corrected chi connectivity index (χ1v) is 4.60. The molecule has 5 heteroatoms. The lowest BCUT2D eigenvalue weighted by Crippen LogP contribution is -2.17. The van der Waals surface area contributed by atoms with E-state index in [4.69, 9.17) is 16.7 Å². The highest BCUT2D eigenvalue weighted by Gasteiger charge is 2.24. The molecular weight excluding hydrogens is 204 g/mol. The number of hydrogen-bond donors (Lipinski definition) is 1. The predicted octanol–water partition coefficient (Wildman–Crippen LogP) is 1.95. The monoisotopic (exact) mass is 214 g/mol. The van der Waals surface area contributed by atoms with Crippen LogP contribution in [-0.2, 0) is 4.79 Å². The van der Waals surface area contributed by atoms with Crippen LogP contribution in [0.1, 0.15) is 25.3 Å². The number of halogens is 1. The molecule has 14 heavy (non-hydrogen) atoms. The van der Waals surface area contributed by atoms with E-state index in [1.807, 2.05) is 13.8 Å². The van der Waals surface area contributed by atoms with Crippen LogP contribution in [0.4, 0.5) is 0 Å². The quantitative estimate of drug-likeness (QED) is 0.782. The molecule has 1 rings (SSSR count). The van der Waals surface area contributed by atoms with Gasteiger partial charge < -0.3 is 5.11 Å². The zero-order valence-corrected chi connectivity index (χ0v) is 8.69. The number of aromatic nitrogens is 2. The van der Waals surface area contributed by atoms with Crippen LogP contribution < -0.4 is 0 Å². The third-order valence-electron chi connectivity index (χ3n) is 1.93. The number of rotatable bonds is 3. The Bertz CT molecular complexity index is 324. The highest BCUT2D eigenvalue weighted by molar-refractivity contribution is 6.28. The van der Waals surface area contributed by atoms with Gasteiger partial charge in [-0.2, -0.15) is 0 Å². The standard InChI is InChI=1S/C9H11ClN2O2/c1-5(2)7(8(13)14)6-3-11-9(10)12-4-6/h3-5,7H,1-2H3,(H,13,14)/t7-/m0/s1. The van der Waals surface area contributed by atoms with Crippen molar-refractivity contribution in [3.63, 3.8) is 0 Å². The Labute approximate surface area is 87.0 Å². The lowest BCUT2D eigenvalue weighted by Gasteiger charge is -2.15. The predicted molar refractivity (Wildman–Crippen MR) is 52.3 cm³/mol. The van der Waals surface area contributed by atoms with Crippen LogP contribution >= 0.6 is 11.6 Å². The van der Waals surface area contributed by atoms with Crippen molar-refractivity contribution in [3.8, 4) is 0 Å². The Balaban J connectivity index is 3.00. The molecule has 0 radical (unpaired) electrons. The summed E-state index contributed by atoms with van der Waals surface area (Å²) in [5, 5.41) is 9.10. The average Bonchev–Trinajstić information content (AvgIpc) is 2.07. The van der Waals surface area contributed by atoms with Gasteiger partial charge in [0.1, 0.15) is 0 Å². The van der Waals surface area contributed by atoms with Gasteiger partial charge in [0.15, 0.2) is 0 Å². The number of aliphatic carboxylic acids is 1. The Hall–Kier alpha value is -1.16. The lowest BCUT2D eigenvalue weighted by atomic mass is 9.90. The fraction of sp³-hybridized carbons (Fsp3) is 0.444. The number of nitrogens with zero attached hydrogens (tertiary/aromatic N) is 2. The maximum Gasteiger partial charge on any atom is 0.311 e. The summed E-state index contributed by atoms with van der Waals surface area (Å²) in [4.78, 5) is 18.4. The zero-order valence-electron chi connectivity index (χ0n) is 7.94. The van der Waals surface area contributed by atoms with Crippen molar-refractivity contribution in [3.05, 3.63) is 23.2 Å². The summed E-state index contributed by atoms with van der Waals surface area (Å²) in [7, 11) is 0.